The molecule has 0 saturated carbocycles. The molecule has 3 rings (SSSR count). The summed E-state index contributed by atoms with van der Waals surface area (Å²) in [5.41, 5.74) is 7.47. The van der Waals surface area contributed by atoms with Crippen LogP contribution in [0, 0.1) is 5.92 Å². The molecule has 6 nitrogen and oxygen atoms in total. The number of benzene rings is 1. The number of nitrogen functional groups attached to an aromatic ring is 1. The third-order valence-electron chi connectivity index (χ3n) is 5.37. The van der Waals surface area contributed by atoms with E-state index in [4.69, 9.17) is 26.8 Å². The van der Waals surface area contributed by atoms with E-state index in [1.165, 1.54) is 19.4 Å². The second-order valence-corrected chi connectivity index (χ2v) is 7.90. The smallest absolute Gasteiger partial charge is 0.125 e. The molecule has 0 aliphatic carbocycles. The van der Waals surface area contributed by atoms with Crippen molar-refractivity contribution in [1.29, 1.82) is 0 Å². The number of ether oxygens (including phenoxy) is 2. The Kier molecular flexibility index (Phi) is 8.03. The lowest BCUT2D eigenvalue weighted by molar-refractivity contribution is -0.0328. The van der Waals surface area contributed by atoms with Gasteiger partial charge in [0, 0.05) is 44.4 Å². The first-order chi connectivity index (χ1) is 13.2. The van der Waals surface area contributed by atoms with E-state index in [9.17, 15) is 0 Å². The van der Waals surface area contributed by atoms with Crippen LogP contribution in [0.3, 0.4) is 0 Å². The third kappa shape index (κ3) is 6.22. The molecule has 1 unspecified atom stereocenters. The second-order valence-electron chi connectivity index (χ2n) is 7.49. The molecule has 2 aliphatic heterocycles. The van der Waals surface area contributed by atoms with Crippen molar-refractivity contribution >= 4 is 17.3 Å². The second kappa shape index (κ2) is 10.5. The predicted molar refractivity (Wildman–Crippen MR) is 111 cm³/mol. The number of anilines is 1. The highest BCUT2D eigenvalue weighted by Crippen LogP contribution is 2.29. The third-order valence-corrected chi connectivity index (χ3v) is 5.69. The van der Waals surface area contributed by atoms with Crippen molar-refractivity contribution < 1.29 is 9.47 Å². The summed E-state index contributed by atoms with van der Waals surface area (Å²) in [5.74, 6) is 1.62. The Balaban J connectivity index is 1.46. The largest absolute Gasteiger partial charge is 0.493 e. The molecule has 1 aromatic carbocycles. The Morgan fingerprint density at radius 1 is 1.37 bits per heavy atom. The van der Waals surface area contributed by atoms with Crippen LogP contribution in [-0.4, -0.2) is 63.5 Å². The van der Waals surface area contributed by atoms with Crippen LogP contribution in [0.2, 0.25) is 5.02 Å². The van der Waals surface area contributed by atoms with Crippen molar-refractivity contribution in [3.63, 3.8) is 0 Å². The Labute approximate surface area is 167 Å². The Bertz CT molecular complexity index is 596. The summed E-state index contributed by atoms with van der Waals surface area (Å²) in [6, 6.07) is 3.70. The van der Waals surface area contributed by atoms with E-state index in [1.54, 1.807) is 6.07 Å². The zero-order valence-electron chi connectivity index (χ0n) is 16.3. The van der Waals surface area contributed by atoms with Gasteiger partial charge in [-0.15, -0.1) is 0 Å². The maximum atomic E-state index is 6.18. The van der Waals surface area contributed by atoms with Crippen LogP contribution in [0.15, 0.2) is 12.1 Å². The molecule has 2 fully saturated rings. The van der Waals surface area contributed by atoms with Crippen LogP contribution in [0.4, 0.5) is 5.69 Å². The monoisotopic (exact) mass is 396 g/mol. The number of nitrogens with two attached hydrogens (primary N) is 1. The minimum Gasteiger partial charge on any atom is -0.493 e. The van der Waals surface area contributed by atoms with Crippen LogP contribution in [0.25, 0.3) is 0 Å². The summed E-state index contributed by atoms with van der Waals surface area (Å²) in [6.45, 7) is 10.4. The first-order valence-electron chi connectivity index (χ1n) is 10.1. The quantitative estimate of drug-likeness (QED) is 0.584. The number of morpholine rings is 1. The number of hydrogen-bond donors (Lipinski definition) is 3. The van der Waals surface area contributed by atoms with Crippen LogP contribution >= 0.6 is 11.6 Å². The summed E-state index contributed by atoms with van der Waals surface area (Å²) in [5, 5.41) is 7.51. The number of nitrogens with one attached hydrogen (secondary N) is 2. The van der Waals surface area contributed by atoms with Gasteiger partial charge in [0.25, 0.3) is 0 Å². The van der Waals surface area contributed by atoms with Crippen molar-refractivity contribution in [1.82, 2.24) is 15.5 Å². The van der Waals surface area contributed by atoms with Gasteiger partial charge in [0.2, 0.25) is 0 Å². The standard InChI is InChI=1S/C20H33ClN4O2/c1-2-26-20-10-19(22)18(21)9-16(20)11-24-12-17-14-25(7-8-27-17)13-15-3-5-23-6-4-15/h9-10,15,17,23-24H,2-8,11-14,22H2,1H3. The van der Waals surface area contributed by atoms with E-state index >= 15 is 0 Å². The van der Waals surface area contributed by atoms with Gasteiger partial charge in [0.15, 0.2) is 0 Å². The Hall–Kier alpha value is -1.05. The van der Waals surface area contributed by atoms with E-state index < -0.39 is 0 Å². The fourth-order valence-electron chi connectivity index (χ4n) is 3.91. The van der Waals surface area contributed by atoms with Gasteiger partial charge >= 0.3 is 0 Å². The van der Waals surface area contributed by atoms with Gasteiger partial charge in [0.05, 0.1) is 30.0 Å². The number of halogens is 1. The fourth-order valence-corrected chi connectivity index (χ4v) is 4.09. The molecule has 4 N–H and O–H groups in total. The molecule has 2 saturated heterocycles. The summed E-state index contributed by atoms with van der Waals surface area (Å²) in [6.07, 6.45) is 2.80. The Morgan fingerprint density at radius 3 is 2.96 bits per heavy atom. The summed E-state index contributed by atoms with van der Waals surface area (Å²) < 4.78 is 11.7. The molecule has 0 radical (unpaired) electrons. The normalized spacial score (nSPS) is 22.1. The molecule has 0 aromatic heterocycles. The van der Waals surface area contributed by atoms with Gasteiger partial charge in [-0.05, 0) is 44.8 Å². The average molecular weight is 397 g/mol. The predicted octanol–water partition coefficient (Wildman–Crippen LogP) is 2.11. The van der Waals surface area contributed by atoms with Gasteiger partial charge in [-0.2, -0.15) is 0 Å². The summed E-state index contributed by atoms with van der Waals surface area (Å²) in [4.78, 5) is 2.57. The molecule has 0 spiro atoms. The summed E-state index contributed by atoms with van der Waals surface area (Å²) >= 11 is 6.18. The van der Waals surface area contributed by atoms with Crippen molar-refractivity contribution in [2.75, 3.05) is 58.2 Å². The number of piperidine rings is 1. The molecule has 152 valence electrons. The van der Waals surface area contributed by atoms with Crippen LogP contribution in [-0.2, 0) is 11.3 Å². The zero-order valence-corrected chi connectivity index (χ0v) is 17.1. The van der Waals surface area contributed by atoms with Crippen LogP contribution < -0.4 is 21.1 Å². The van der Waals surface area contributed by atoms with Gasteiger partial charge in [-0.25, -0.2) is 0 Å². The van der Waals surface area contributed by atoms with Gasteiger partial charge in [0.1, 0.15) is 5.75 Å². The first kappa shape index (κ1) is 20.7. The zero-order chi connectivity index (χ0) is 19.1. The lowest BCUT2D eigenvalue weighted by Crippen LogP contribution is -2.48. The van der Waals surface area contributed by atoms with Crippen molar-refractivity contribution in [3.05, 3.63) is 22.7 Å². The van der Waals surface area contributed by atoms with Crippen molar-refractivity contribution in [3.8, 4) is 5.75 Å². The van der Waals surface area contributed by atoms with E-state index in [0.29, 0.717) is 23.9 Å². The Morgan fingerprint density at radius 2 is 2.19 bits per heavy atom. The number of rotatable bonds is 8. The van der Waals surface area contributed by atoms with Gasteiger partial charge in [-0.3, -0.25) is 4.90 Å². The maximum absolute atomic E-state index is 6.18. The molecule has 2 aliphatic rings. The van der Waals surface area contributed by atoms with Gasteiger partial charge in [-0.1, -0.05) is 11.6 Å². The molecule has 1 aromatic rings. The maximum Gasteiger partial charge on any atom is 0.125 e. The van der Waals surface area contributed by atoms with Crippen LogP contribution in [0.1, 0.15) is 25.3 Å². The van der Waals surface area contributed by atoms with Crippen molar-refractivity contribution in [2.24, 2.45) is 5.92 Å². The number of nitrogens with zero attached hydrogens (tertiary/aromatic N) is 1. The minimum atomic E-state index is 0.222. The van der Waals surface area contributed by atoms with Gasteiger partial charge < -0.3 is 25.8 Å². The van der Waals surface area contributed by atoms with Crippen LogP contribution in [0.5, 0.6) is 5.75 Å². The summed E-state index contributed by atoms with van der Waals surface area (Å²) in [7, 11) is 0. The molecule has 0 bridgehead atoms. The van der Waals surface area contributed by atoms with Crippen molar-refractivity contribution in [2.45, 2.75) is 32.4 Å². The molecule has 7 heteroatoms. The molecule has 27 heavy (non-hydrogen) atoms. The highest BCUT2D eigenvalue weighted by Gasteiger charge is 2.23. The van der Waals surface area contributed by atoms with E-state index in [2.05, 4.69) is 15.5 Å². The first-order valence-corrected chi connectivity index (χ1v) is 10.5. The SMILES string of the molecule is CCOc1cc(N)c(Cl)cc1CNCC1CN(CC2CCNCC2)CCO1. The lowest BCUT2D eigenvalue weighted by Gasteiger charge is -2.36. The van der Waals surface area contributed by atoms with E-state index in [0.717, 1.165) is 56.6 Å². The average Bonchev–Trinajstić information content (AvgIpc) is 2.67. The molecule has 1 atom stereocenters. The fraction of sp³-hybridized carbons (Fsp3) is 0.700. The lowest BCUT2D eigenvalue weighted by atomic mass is 9.97. The van der Waals surface area contributed by atoms with E-state index in [-0.39, 0.29) is 6.10 Å². The minimum absolute atomic E-state index is 0.222. The molecule has 2 heterocycles. The highest BCUT2D eigenvalue weighted by molar-refractivity contribution is 6.33. The molecular formula is C20H33ClN4O2. The number of hydrogen-bond acceptors (Lipinski definition) is 6. The molecular weight excluding hydrogens is 364 g/mol. The topological polar surface area (TPSA) is 71.8 Å². The highest BCUT2D eigenvalue weighted by atomic mass is 35.5. The van der Waals surface area contributed by atoms with E-state index in [1.807, 2.05) is 13.0 Å². The molecule has 0 amide bonds.